The Kier molecular flexibility index (Phi) is 7.19. The lowest BCUT2D eigenvalue weighted by atomic mass is 10.2. The fraction of sp³-hybridized carbons (Fsp3) is 0.235. The second-order valence-corrected chi connectivity index (χ2v) is 5.08. The fourth-order valence-corrected chi connectivity index (χ4v) is 2.00. The van der Waals surface area contributed by atoms with Crippen molar-refractivity contribution in [3.63, 3.8) is 0 Å². The van der Waals surface area contributed by atoms with Gasteiger partial charge in [-0.3, -0.25) is 10.1 Å². The Balaban J connectivity index is 1.77. The molecule has 0 bridgehead atoms. The standard InChI is InChI=1S/C17H19N3O6/c21-8-7-18-14-6-2-1-5-13(14)16(23)26-11-15(22)20-17(24)19-10-12-4-3-9-25-12/h1-6,9,18,21H,7-8,10-11H2,(H2,19,20,22,24). The van der Waals surface area contributed by atoms with Gasteiger partial charge in [0.2, 0.25) is 0 Å². The third-order valence-electron chi connectivity index (χ3n) is 3.16. The summed E-state index contributed by atoms with van der Waals surface area (Å²) in [6.45, 7) is -0.323. The Morgan fingerprint density at radius 2 is 1.92 bits per heavy atom. The highest BCUT2D eigenvalue weighted by Crippen LogP contribution is 2.15. The minimum atomic E-state index is -0.768. The molecule has 1 aromatic carbocycles. The Morgan fingerprint density at radius 1 is 1.12 bits per heavy atom. The van der Waals surface area contributed by atoms with Crippen molar-refractivity contribution in [3.8, 4) is 0 Å². The zero-order valence-corrected chi connectivity index (χ0v) is 13.9. The minimum absolute atomic E-state index is 0.0983. The number of urea groups is 1. The van der Waals surface area contributed by atoms with Crippen LogP contribution in [0.4, 0.5) is 10.5 Å². The maximum atomic E-state index is 12.1. The number of carbonyl (C=O) groups excluding carboxylic acids is 3. The van der Waals surface area contributed by atoms with E-state index in [1.54, 1.807) is 30.3 Å². The summed E-state index contributed by atoms with van der Waals surface area (Å²) in [7, 11) is 0. The summed E-state index contributed by atoms with van der Waals surface area (Å²) in [6.07, 6.45) is 1.47. The number of carbonyl (C=O) groups is 3. The average Bonchev–Trinajstić information content (AvgIpc) is 3.16. The SMILES string of the molecule is O=C(COC(=O)c1ccccc1NCCO)NC(=O)NCc1ccco1. The van der Waals surface area contributed by atoms with Crippen LogP contribution < -0.4 is 16.0 Å². The predicted molar refractivity (Wildman–Crippen MR) is 91.4 cm³/mol. The van der Waals surface area contributed by atoms with Gasteiger partial charge in [-0.2, -0.15) is 0 Å². The molecule has 0 saturated heterocycles. The first-order valence-corrected chi connectivity index (χ1v) is 7.81. The quantitative estimate of drug-likeness (QED) is 0.513. The first-order valence-electron chi connectivity index (χ1n) is 7.81. The normalized spacial score (nSPS) is 10.0. The number of hydrogen-bond donors (Lipinski definition) is 4. The van der Waals surface area contributed by atoms with Gasteiger partial charge < -0.3 is 24.9 Å². The summed E-state index contributed by atoms with van der Waals surface area (Å²) in [5.74, 6) is -0.959. The van der Waals surface area contributed by atoms with Crippen LogP contribution in [-0.2, 0) is 16.1 Å². The van der Waals surface area contributed by atoms with Crippen LogP contribution in [0.5, 0.6) is 0 Å². The number of anilines is 1. The summed E-state index contributed by atoms with van der Waals surface area (Å²) < 4.78 is 9.95. The maximum absolute atomic E-state index is 12.1. The number of ether oxygens (including phenoxy) is 1. The largest absolute Gasteiger partial charge is 0.467 e. The number of esters is 1. The van der Waals surface area contributed by atoms with Gasteiger partial charge in [0.25, 0.3) is 5.91 Å². The Morgan fingerprint density at radius 3 is 2.65 bits per heavy atom. The van der Waals surface area contributed by atoms with E-state index in [4.69, 9.17) is 14.3 Å². The lowest BCUT2D eigenvalue weighted by Gasteiger charge is -2.11. The molecule has 0 aliphatic rings. The number of aliphatic hydroxyl groups excluding tert-OH is 1. The monoisotopic (exact) mass is 361 g/mol. The second-order valence-electron chi connectivity index (χ2n) is 5.08. The van der Waals surface area contributed by atoms with Crippen LogP contribution in [0.1, 0.15) is 16.1 Å². The molecule has 1 heterocycles. The molecule has 2 aromatic rings. The van der Waals surface area contributed by atoms with Crippen molar-refractivity contribution in [2.75, 3.05) is 25.1 Å². The highest BCUT2D eigenvalue weighted by Gasteiger charge is 2.15. The van der Waals surface area contributed by atoms with Gasteiger partial charge in [-0.1, -0.05) is 12.1 Å². The molecular weight excluding hydrogens is 342 g/mol. The van der Waals surface area contributed by atoms with E-state index in [2.05, 4.69) is 10.6 Å². The molecule has 0 unspecified atom stereocenters. The zero-order valence-electron chi connectivity index (χ0n) is 13.9. The van der Waals surface area contributed by atoms with Gasteiger partial charge in [0.05, 0.1) is 25.0 Å². The molecule has 0 aliphatic carbocycles. The van der Waals surface area contributed by atoms with Crippen molar-refractivity contribution in [2.24, 2.45) is 0 Å². The van der Waals surface area contributed by atoms with Gasteiger partial charge in [0.15, 0.2) is 6.61 Å². The van der Waals surface area contributed by atoms with Crippen molar-refractivity contribution < 1.29 is 28.6 Å². The first kappa shape index (κ1) is 19.0. The second kappa shape index (κ2) is 9.84. The van der Waals surface area contributed by atoms with Crippen LogP contribution in [0.15, 0.2) is 47.1 Å². The van der Waals surface area contributed by atoms with E-state index in [-0.39, 0.29) is 25.3 Å². The summed E-state index contributed by atoms with van der Waals surface area (Å²) in [6, 6.07) is 9.14. The van der Waals surface area contributed by atoms with Crippen LogP contribution >= 0.6 is 0 Å². The summed E-state index contributed by atoms with van der Waals surface area (Å²) in [5.41, 5.74) is 0.694. The van der Waals surface area contributed by atoms with Gasteiger partial charge >= 0.3 is 12.0 Å². The number of benzene rings is 1. The van der Waals surface area contributed by atoms with E-state index in [1.165, 1.54) is 12.3 Å². The van der Waals surface area contributed by atoms with E-state index in [1.807, 2.05) is 5.32 Å². The smallest absolute Gasteiger partial charge is 0.340 e. The van der Waals surface area contributed by atoms with Crippen LogP contribution in [-0.4, -0.2) is 42.8 Å². The summed E-state index contributed by atoms with van der Waals surface area (Å²) in [4.78, 5) is 35.3. The van der Waals surface area contributed by atoms with Crippen molar-refractivity contribution in [1.82, 2.24) is 10.6 Å². The van der Waals surface area contributed by atoms with Crippen LogP contribution in [0.2, 0.25) is 0 Å². The lowest BCUT2D eigenvalue weighted by molar-refractivity contribution is -0.123. The molecule has 9 heteroatoms. The van der Waals surface area contributed by atoms with Gasteiger partial charge in [0.1, 0.15) is 5.76 Å². The first-order chi connectivity index (χ1) is 12.6. The van der Waals surface area contributed by atoms with E-state index < -0.39 is 24.5 Å². The topological polar surface area (TPSA) is 130 Å². The molecule has 1 aromatic heterocycles. The maximum Gasteiger partial charge on any atom is 0.340 e. The molecule has 3 amide bonds. The lowest BCUT2D eigenvalue weighted by Crippen LogP contribution is -2.41. The van der Waals surface area contributed by atoms with Crippen molar-refractivity contribution in [3.05, 3.63) is 54.0 Å². The molecule has 0 spiro atoms. The minimum Gasteiger partial charge on any atom is -0.467 e. The molecule has 0 aliphatic heterocycles. The van der Waals surface area contributed by atoms with E-state index in [9.17, 15) is 14.4 Å². The number of nitrogens with one attached hydrogen (secondary N) is 3. The highest BCUT2D eigenvalue weighted by atomic mass is 16.5. The molecule has 9 nitrogen and oxygen atoms in total. The predicted octanol–water partition coefficient (Wildman–Crippen LogP) is 0.867. The van der Waals surface area contributed by atoms with Crippen LogP contribution in [0.25, 0.3) is 0 Å². The molecule has 0 atom stereocenters. The molecular formula is C17H19N3O6. The zero-order chi connectivity index (χ0) is 18.8. The number of aliphatic hydroxyl groups is 1. The number of para-hydroxylation sites is 1. The molecule has 0 saturated carbocycles. The van der Waals surface area contributed by atoms with Gasteiger partial charge in [-0.15, -0.1) is 0 Å². The average molecular weight is 361 g/mol. The summed E-state index contributed by atoms with van der Waals surface area (Å²) in [5, 5.41) is 16.2. The summed E-state index contributed by atoms with van der Waals surface area (Å²) >= 11 is 0. The molecule has 4 N–H and O–H groups in total. The van der Waals surface area contributed by atoms with Gasteiger partial charge in [-0.25, -0.2) is 9.59 Å². The van der Waals surface area contributed by atoms with E-state index in [0.717, 1.165) is 0 Å². The third-order valence-corrected chi connectivity index (χ3v) is 3.16. The molecule has 2 rings (SSSR count). The Bertz CT molecular complexity index is 745. The Hall–Kier alpha value is -3.33. The Labute approximate surface area is 149 Å². The van der Waals surface area contributed by atoms with Gasteiger partial charge in [-0.05, 0) is 24.3 Å². The number of furan rings is 1. The molecule has 26 heavy (non-hydrogen) atoms. The number of rotatable bonds is 8. The third kappa shape index (κ3) is 5.95. The highest BCUT2D eigenvalue weighted by molar-refractivity contribution is 5.99. The number of amides is 3. The van der Waals surface area contributed by atoms with E-state index in [0.29, 0.717) is 11.4 Å². The fourth-order valence-electron chi connectivity index (χ4n) is 2.00. The van der Waals surface area contributed by atoms with Crippen molar-refractivity contribution in [1.29, 1.82) is 0 Å². The van der Waals surface area contributed by atoms with Crippen molar-refractivity contribution in [2.45, 2.75) is 6.54 Å². The molecule has 0 radical (unpaired) electrons. The van der Waals surface area contributed by atoms with Crippen LogP contribution in [0, 0.1) is 0 Å². The van der Waals surface area contributed by atoms with Gasteiger partial charge in [0, 0.05) is 12.2 Å². The number of imide groups is 1. The van der Waals surface area contributed by atoms with E-state index >= 15 is 0 Å². The molecule has 138 valence electrons. The van der Waals surface area contributed by atoms with Crippen LogP contribution in [0.3, 0.4) is 0 Å². The van der Waals surface area contributed by atoms with Crippen molar-refractivity contribution >= 4 is 23.6 Å². The number of hydrogen-bond acceptors (Lipinski definition) is 7. The molecule has 0 fully saturated rings.